The van der Waals surface area contributed by atoms with E-state index in [0.717, 1.165) is 15.3 Å². The van der Waals surface area contributed by atoms with E-state index in [4.69, 9.17) is 5.11 Å². The number of aromatic carboxylic acids is 1. The average molecular weight is 329 g/mol. The van der Waals surface area contributed by atoms with Gasteiger partial charge in [-0.1, -0.05) is 35.7 Å². The Morgan fingerprint density at radius 3 is 2.83 bits per heavy atom. The Morgan fingerprint density at radius 1 is 1.39 bits per heavy atom. The first-order valence-electron chi connectivity index (χ1n) is 6.25. The zero-order valence-electron chi connectivity index (χ0n) is 10.4. The molecule has 0 heterocycles. The molecule has 2 unspecified atom stereocenters. The summed E-state index contributed by atoms with van der Waals surface area (Å²) in [6, 6.07) is 5.43. The lowest BCUT2D eigenvalue weighted by molar-refractivity contribution is 0.0696. The summed E-state index contributed by atoms with van der Waals surface area (Å²) in [4.78, 5) is 12.1. The van der Waals surface area contributed by atoms with Gasteiger partial charge in [-0.15, -0.1) is 11.8 Å². The molecule has 0 radical (unpaired) electrons. The predicted octanol–water partition coefficient (Wildman–Crippen LogP) is 4.82. The van der Waals surface area contributed by atoms with Crippen LogP contribution in [0.5, 0.6) is 0 Å². The normalized spacial score (nSPS) is 23.9. The van der Waals surface area contributed by atoms with Gasteiger partial charge in [0.15, 0.2) is 0 Å². The minimum Gasteiger partial charge on any atom is -0.478 e. The van der Waals surface area contributed by atoms with Gasteiger partial charge in [-0.3, -0.25) is 0 Å². The maximum absolute atomic E-state index is 11.0. The second-order valence-corrected chi connectivity index (χ2v) is 7.28. The van der Waals surface area contributed by atoms with Gasteiger partial charge in [-0.2, -0.15) is 0 Å². The topological polar surface area (TPSA) is 37.3 Å². The van der Waals surface area contributed by atoms with Crippen LogP contribution in [0.2, 0.25) is 0 Å². The largest absolute Gasteiger partial charge is 0.478 e. The van der Waals surface area contributed by atoms with Gasteiger partial charge in [-0.05, 0) is 37.0 Å². The van der Waals surface area contributed by atoms with Crippen LogP contribution in [-0.2, 0) is 0 Å². The SMILES string of the molecule is CC1CCCC(Sc2cc(Br)cc(C(=O)O)c2)C1. The number of carbonyl (C=O) groups is 1. The van der Waals surface area contributed by atoms with Crippen molar-refractivity contribution in [3.63, 3.8) is 0 Å². The second-order valence-electron chi connectivity index (χ2n) is 4.99. The first kappa shape index (κ1) is 13.9. The van der Waals surface area contributed by atoms with E-state index in [2.05, 4.69) is 22.9 Å². The fourth-order valence-electron chi connectivity index (χ4n) is 2.43. The molecular weight excluding hydrogens is 312 g/mol. The zero-order chi connectivity index (χ0) is 13.1. The monoisotopic (exact) mass is 328 g/mol. The molecule has 0 aromatic heterocycles. The lowest BCUT2D eigenvalue weighted by Crippen LogP contribution is -2.14. The molecular formula is C14H17BrO2S. The minimum absolute atomic E-state index is 0.357. The highest BCUT2D eigenvalue weighted by molar-refractivity contribution is 9.10. The molecule has 0 aliphatic heterocycles. The van der Waals surface area contributed by atoms with Gasteiger partial charge in [0.25, 0.3) is 0 Å². The van der Waals surface area contributed by atoms with Gasteiger partial charge < -0.3 is 5.11 Å². The Morgan fingerprint density at radius 2 is 2.17 bits per heavy atom. The zero-order valence-corrected chi connectivity index (χ0v) is 12.8. The summed E-state index contributed by atoms with van der Waals surface area (Å²) < 4.78 is 0.841. The number of halogens is 1. The number of benzene rings is 1. The summed E-state index contributed by atoms with van der Waals surface area (Å²) in [5, 5.41) is 9.68. The van der Waals surface area contributed by atoms with E-state index < -0.39 is 5.97 Å². The molecule has 0 amide bonds. The van der Waals surface area contributed by atoms with Crippen molar-refractivity contribution in [2.45, 2.75) is 42.8 Å². The van der Waals surface area contributed by atoms with E-state index in [0.29, 0.717) is 10.8 Å². The molecule has 1 aliphatic carbocycles. The summed E-state index contributed by atoms with van der Waals surface area (Å²) in [5.74, 6) is -0.0718. The Balaban J connectivity index is 2.10. The van der Waals surface area contributed by atoms with Crippen molar-refractivity contribution in [3.8, 4) is 0 Å². The smallest absolute Gasteiger partial charge is 0.335 e. The van der Waals surface area contributed by atoms with E-state index in [-0.39, 0.29) is 0 Å². The number of rotatable bonds is 3. The Kier molecular flexibility index (Phi) is 4.73. The molecule has 1 fully saturated rings. The lowest BCUT2D eigenvalue weighted by Gasteiger charge is -2.26. The van der Waals surface area contributed by atoms with Crippen molar-refractivity contribution >= 4 is 33.7 Å². The number of thioether (sulfide) groups is 1. The molecule has 1 N–H and O–H groups in total. The maximum Gasteiger partial charge on any atom is 0.335 e. The van der Waals surface area contributed by atoms with Crippen molar-refractivity contribution in [1.82, 2.24) is 0 Å². The maximum atomic E-state index is 11.0. The van der Waals surface area contributed by atoms with Gasteiger partial charge in [0.05, 0.1) is 5.56 Å². The summed E-state index contributed by atoms with van der Waals surface area (Å²) >= 11 is 5.20. The van der Waals surface area contributed by atoms with Crippen LogP contribution in [-0.4, -0.2) is 16.3 Å². The summed E-state index contributed by atoms with van der Waals surface area (Å²) in [6.07, 6.45) is 5.10. The van der Waals surface area contributed by atoms with Crippen LogP contribution < -0.4 is 0 Å². The van der Waals surface area contributed by atoms with Crippen LogP contribution >= 0.6 is 27.7 Å². The number of hydrogen-bond donors (Lipinski definition) is 1. The molecule has 98 valence electrons. The second kappa shape index (κ2) is 6.11. The third kappa shape index (κ3) is 3.75. The Labute approximate surface area is 120 Å². The van der Waals surface area contributed by atoms with E-state index in [1.807, 2.05) is 17.8 Å². The highest BCUT2D eigenvalue weighted by Gasteiger charge is 2.20. The highest BCUT2D eigenvalue weighted by Crippen LogP contribution is 2.37. The molecule has 1 aromatic rings. The molecule has 0 spiro atoms. The summed E-state index contributed by atoms with van der Waals surface area (Å²) in [6.45, 7) is 2.30. The fraction of sp³-hybridized carbons (Fsp3) is 0.500. The molecule has 1 aromatic carbocycles. The van der Waals surface area contributed by atoms with Crippen LogP contribution in [0.3, 0.4) is 0 Å². The molecule has 1 aliphatic rings. The predicted molar refractivity (Wildman–Crippen MR) is 78.4 cm³/mol. The quantitative estimate of drug-likeness (QED) is 0.864. The molecule has 4 heteroatoms. The third-order valence-corrected chi connectivity index (χ3v) is 5.04. The van der Waals surface area contributed by atoms with Gasteiger partial charge in [-0.25, -0.2) is 4.79 Å². The van der Waals surface area contributed by atoms with Crippen LogP contribution in [0.1, 0.15) is 43.0 Å². The van der Waals surface area contributed by atoms with Crippen LogP contribution in [0.4, 0.5) is 0 Å². The fourth-order valence-corrected chi connectivity index (χ4v) is 4.56. The van der Waals surface area contributed by atoms with E-state index in [9.17, 15) is 4.79 Å². The molecule has 18 heavy (non-hydrogen) atoms. The van der Waals surface area contributed by atoms with Crippen molar-refractivity contribution in [2.75, 3.05) is 0 Å². The molecule has 2 nitrogen and oxygen atoms in total. The minimum atomic E-state index is -0.866. The molecule has 2 atom stereocenters. The Hall–Kier alpha value is -0.480. The molecule has 0 saturated heterocycles. The number of hydrogen-bond acceptors (Lipinski definition) is 2. The van der Waals surface area contributed by atoms with E-state index >= 15 is 0 Å². The molecule has 1 saturated carbocycles. The van der Waals surface area contributed by atoms with Crippen molar-refractivity contribution in [3.05, 3.63) is 28.2 Å². The highest BCUT2D eigenvalue weighted by atomic mass is 79.9. The first-order chi connectivity index (χ1) is 8.54. The van der Waals surface area contributed by atoms with Crippen molar-refractivity contribution in [1.29, 1.82) is 0 Å². The van der Waals surface area contributed by atoms with Crippen LogP contribution in [0.25, 0.3) is 0 Å². The van der Waals surface area contributed by atoms with Crippen molar-refractivity contribution in [2.24, 2.45) is 5.92 Å². The van der Waals surface area contributed by atoms with Crippen molar-refractivity contribution < 1.29 is 9.90 Å². The summed E-state index contributed by atoms with van der Waals surface area (Å²) in [5.41, 5.74) is 0.357. The summed E-state index contributed by atoms with van der Waals surface area (Å²) in [7, 11) is 0. The molecule has 0 bridgehead atoms. The standard InChI is InChI=1S/C14H17BrO2S/c1-9-3-2-4-12(5-9)18-13-7-10(14(16)17)6-11(15)8-13/h6-9,12H,2-5H2,1H3,(H,16,17). The third-order valence-electron chi connectivity index (χ3n) is 3.31. The van der Waals surface area contributed by atoms with E-state index in [1.54, 1.807) is 12.1 Å². The van der Waals surface area contributed by atoms with Gasteiger partial charge in [0, 0.05) is 14.6 Å². The first-order valence-corrected chi connectivity index (χ1v) is 7.92. The van der Waals surface area contributed by atoms with Gasteiger partial charge >= 0.3 is 5.97 Å². The number of carboxylic acid groups (broad SMARTS) is 1. The number of carboxylic acids is 1. The van der Waals surface area contributed by atoms with Gasteiger partial charge in [0.2, 0.25) is 0 Å². The van der Waals surface area contributed by atoms with Gasteiger partial charge in [0.1, 0.15) is 0 Å². The van der Waals surface area contributed by atoms with Crippen LogP contribution in [0.15, 0.2) is 27.6 Å². The lowest BCUT2D eigenvalue weighted by atomic mass is 9.91. The Bertz CT molecular complexity index is 447. The molecule has 2 rings (SSSR count). The van der Waals surface area contributed by atoms with Crippen LogP contribution in [0, 0.1) is 5.92 Å². The van der Waals surface area contributed by atoms with E-state index in [1.165, 1.54) is 25.7 Å². The average Bonchev–Trinajstić information content (AvgIpc) is 2.28.